The molecule has 0 aromatic heterocycles. The van der Waals surface area contributed by atoms with Gasteiger partial charge in [0.15, 0.2) is 21.3 Å². The van der Waals surface area contributed by atoms with Crippen LogP contribution in [0.1, 0.15) is 38.7 Å². The molecule has 2 amide bonds. The first-order chi connectivity index (χ1) is 21.6. The number of carbonyl (C=O) groups excluding carboxylic acids is 2. The van der Waals surface area contributed by atoms with Crippen LogP contribution in [0.25, 0.3) is 0 Å². The summed E-state index contributed by atoms with van der Waals surface area (Å²) in [4.78, 5) is 28.5. The number of ether oxygens (including phenoxy) is 2. The Hall–Kier alpha value is -3.24. The van der Waals surface area contributed by atoms with Crippen LogP contribution in [0, 0.1) is 0 Å². The maximum atomic E-state index is 13.8. The monoisotopic (exact) mass is 680 g/mol. The molecule has 2 heterocycles. The van der Waals surface area contributed by atoms with Gasteiger partial charge in [-0.2, -0.15) is 0 Å². The van der Waals surface area contributed by atoms with E-state index in [1.807, 2.05) is 35.2 Å². The van der Waals surface area contributed by atoms with Crippen LogP contribution in [0.5, 0.6) is 11.5 Å². The minimum absolute atomic E-state index is 0.0140. The zero-order chi connectivity index (χ0) is 33.6. The summed E-state index contributed by atoms with van der Waals surface area (Å²) in [7, 11) is -7.67. The van der Waals surface area contributed by atoms with Gasteiger partial charge < -0.3 is 25.2 Å². The van der Waals surface area contributed by atoms with Gasteiger partial charge >= 0.3 is 0 Å². The summed E-state index contributed by atoms with van der Waals surface area (Å²) in [6.07, 6.45) is 3.41. The van der Waals surface area contributed by atoms with Gasteiger partial charge in [0.05, 0.1) is 34.2 Å². The highest BCUT2D eigenvalue weighted by Gasteiger charge is 2.38. The van der Waals surface area contributed by atoms with Gasteiger partial charge in [-0.1, -0.05) is 37.3 Å². The second-order valence-corrected chi connectivity index (χ2v) is 16.6. The number of likely N-dealkylation sites (tertiary alicyclic amines) is 1. The third kappa shape index (κ3) is 10.1. The van der Waals surface area contributed by atoms with Crippen molar-refractivity contribution < 1.29 is 41.0 Å². The third-order valence-electron chi connectivity index (χ3n) is 8.01. The van der Waals surface area contributed by atoms with Gasteiger partial charge in [-0.25, -0.2) is 16.8 Å². The molecule has 0 aliphatic carbocycles. The number of fused-ring (bicyclic) bond motifs is 1. The van der Waals surface area contributed by atoms with Gasteiger partial charge in [0, 0.05) is 25.3 Å². The van der Waals surface area contributed by atoms with Crippen molar-refractivity contribution in [2.75, 3.05) is 50.7 Å². The summed E-state index contributed by atoms with van der Waals surface area (Å²) in [6, 6.07) is 12.1. The summed E-state index contributed by atoms with van der Waals surface area (Å²) < 4.78 is 61.8. The molecule has 2 aliphatic rings. The summed E-state index contributed by atoms with van der Waals surface area (Å²) in [6.45, 7) is 4.46. The van der Waals surface area contributed by atoms with Crippen molar-refractivity contribution in [1.29, 1.82) is 0 Å². The molecular weight excluding hydrogens is 636 g/mol. The SMILES string of the molecule is CCC(Cc1ccccc1)(NC[C@@](C)(O)CS(=O)(=O)c1ccc2c(c1)OCO2)NC(=O)[C@@H](CS(C)(=O)=O)NC(=O)CN1CCCC1. The highest BCUT2D eigenvalue weighted by molar-refractivity contribution is 7.91. The van der Waals surface area contributed by atoms with E-state index in [9.17, 15) is 31.5 Å². The molecule has 46 heavy (non-hydrogen) atoms. The van der Waals surface area contributed by atoms with Crippen LogP contribution in [0.15, 0.2) is 53.4 Å². The average Bonchev–Trinajstić information content (AvgIpc) is 3.67. The van der Waals surface area contributed by atoms with Crippen LogP contribution in [0.3, 0.4) is 0 Å². The summed E-state index contributed by atoms with van der Waals surface area (Å²) in [5.74, 6) is -1.71. The van der Waals surface area contributed by atoms with E-state index in [1.165, 1.54) is 25.1 Å². The van der Waals surface area contributed by atoms with Gasteiger partial charge in [-0.05, 0) is 57.0 Å². The van der Waals surface area contributed by atoms with Crippen LogP contribution in [0.4, 0.5) is 0 Å². The van der Waals surface area contributed by atoms with Gasteiger partial charge in [0.1, 0.15) is 15.9 Å². The third-order valence-corrected chi connectivity index (χ3v) is 10.9. The number of hydrogen-bond donors (Lipinski definition) is 4. The van der Waals surface area contributed by atoms with Crippen LogP contribution in [0.2, 0.25) is 0 Å². The molecule has 1 unspecified atom stereocenters. The predicted molar refractivity (Wildman–Crippen MR) is 172 cm³/mol. The van der Waals surface area contributed by atoms with Gasteiger partial charge in [-0.15, -0.1) is 0 Å². The Labute approximate surface area is 270 Å². The van der Waals surface area contributed by atoms with E-state index >= 15 is 0 Å². The summed E-state index contributed by atoms with van der Waals surface area (Å²) >= 11 is 0. The van der Waals surface area contributed by atoms with E-state index in [0.29, 0.717) is 11.5 Å². The maximum Gasteiger partial charge on any atom is 0.245 e. The van der Waals surface area contributed by atoms with Crippen LogP contribution < -0.4 is 25.4 Å². The standard InChI is InChI=1S/C31H44N4O9S2/c1-4-31(17-23-10-6-5-7-11-23,34-29(37)25(19-45(3,39)40)33-28(36)18-35-14-8-9-15-35)32-20-30(2,38)21-46(41,42)24-12-13-26-27(16-24)44-22-43-26/h5-7,10-13,16,25,32,38H,4,8-9,14-15,17-22H2,1-3H3,(H,33,36)(H,34,37)/t25-,30-,31?/m1/s1. The van der Waals surface area contributed by atoms with Crippen LogP contribution in [-0.4, -0.2) is 107 Å². The molecule has 13 nitrogen and oxygen atoms in total. The number of nitrogens with zero attached hydrogens (tertiary/aromatic N) is 1. The topological polar surface area (TPSA) is 180 Å². The fraction of sp³-hybridized carbons (Fsp3) is 0.548. The number of sulfone groups is 2. The lowest BCUT2D eigenvalue weighted by Crippen LogP contribution is -2.66. The van der Waals surface area contributed by atoms with E-state index in [-0.39, 0.29) is 37.6 Å². The highest BCUT2D eigenvalue weighted by atomic mass is 32.2. The highest BCUT2D eigenvalue weighted by Crippen LogP contribution is 2.34. The number of aliphatic hydroxyl groups is 1. The molecule has 3 atom stereocenters. The van der Waals surface area contributed by atoms with Crippen molar-refractivity contribution in [2.24, 2.45) is 0 Å². The van der Waals surface area contributed by atoms with Crippen molar-refractivity contribution >= 4 is 31.5 Å². The van der Waals surface area contributed by atoms with E-state index < -0.39 is 60.3 Å². The normalized spacial score (nSPS) is 18.3. The Morgan fingerprint density at radius 2 is 1.70 bits per heavy atom. The molecule has 2 aliphatic heterocycles. The first-order valence-corrected chi connectivity index (χ1v) is 19.0. The molecule has 4 rings (SSSR count). The molecule has 1 fully saturated rings. The van der Waals surface area contributed by atoms with Crippen molar-refractivity contribution in [3.8, 4) is 11.5 Å². The van der Waals surface area contributed by atoms with E-state index in [4.69, 9.17) is 9.47 Å². The molecule has 1 saturated heterocycles. The second-order valence-electron chi connectivity index (χ2n) is 12.4. The van der Waals surface area contributed by atoms with Gasteiger partial charge in [0.25, 0.3) is 0 Å². The Morgan fingerprint density at radius 1 is 1.02 bits per heavy atom. The molecule has 0 spiro atoms. The summed E-state index contributed by atoms with van der Waals surface area (Å²) in [5, 5.41) is 20.0. The number of amides is 2. The van der Waals surface area contributed by atoms with E-state index in [0.717, 1.165) is 37.8 Å². The van der Waals surface area contributed by atoms with Crippen molar-refractivity contribution in [1.82, 2.24) is 20.9 Å². The maximum absolute atomic E-state index is 13.8. The average molecular weight is 681 g/mol. The molecular formula is C31H44N4O9S2. The second kappa shape index (κ2) is 14.7. The van der Waals surface area contributed by atoms with E-state index in [2.05, 4.69) is 16.0 Å². The minimum Gasteiger partial charge on any atom is -0.454 e. The molecule has 2 aromatic rings. The fourth-order valence-electron chi connectivity index (χ4n) is 5.60. The lowest BCUT2D eigenvalue weighted by molar-refractivity contribution is -0.130. The molecule has 0 radical (unpaired) electrons. The Kier molecular flexibility index (Phi) is 11.4. The van der Waals surface area contributed by atoms with Crippen molar-refractivity contribution in [3.05, 3.63) is 54.1 Å². The quantitative estimate of drug-likeness (QED) is 0.183. The van der Waals surface area contributed by atoms with Gasteiger partial charge in [-0.3, -0.25) is 19.8 Å². The first kappa shape index (κ1) is 35.6. The minimum atomic E-state index is -3.98. The number of benzene rings is 2. The lowest BCUT2D eigenvalue weighted by atomic mass is 9.95. The summed E-state index contributed by atoms with van der Waals surface area (Å²) in [5.41, 5.74) is -2.23. The number of carbonyl (C=O) groups is 2. The zero-order valence-corrected chi connectivity index (χ0v) is 28.1. The van der Waals surface area contributed by atoms with Crippen molar-refractivity contribution in [2.45, 2.75) is 61.7 Å². The molecule has 4 N–H and O–H groups in total. The fourth-order valence-corrected chi connectivity index (χ4v) is 8.09. The van der Waals surface area contributed by atoms with E-state index in [1.54, 1.807) is 6.92 Å². The molecule has 15 heteroatoms. The number of hydrogen-bond acceptors (Lipinski definition) is 11. The Balaban J connectivity index is 1.53. The Morgan fingerprint density at radius 3 is 2.35 bits per heavy atom. The van der Waals surface area contributed by atoms with Crippen LogP contribution >= 0.6 is 0 Å². The largest absolute Gasteiger partial charge is 0.454 e. The Bertz CT molecular complexity index is 1590. The first-order valence-electron chi connectivity index (χ1n) is 15.2. The molecule has 0 bridgehead atoms. The van der Waals surface area contributed by atoms with Gasteiger partial charge in [0.2, 0.25) is 18.6 Å². The molecule has 2 aromatic carbocycles. The number of nitrogens with one attached hydrogen (secondary N) is 3. The molecule has 254 valence electrons. The smallest absolute Gasteiger partial charge is 0.245 e. The zero-order valence-electron chi connectivity index (χ0n) is 26.5. The lowest BCUT2D eigenvalue weighted by Gasteiger charge is -2.39. The van der Waals surface area contributed by atoms with Crippen LogP contribution in [-0.2, 0) is 35.7 Å². The molecule has 0 saturated carbocycles. The number of rotatable bonds is 16. The predicted octanol–water partition coefficient (Wildman–Crippen LogP) is 0.620. The van der Waals surface area contributed by atoms with Crippen molar-refractivity contribution in [3.63, 3.8) is 0 Å².